The Hall–Kier alpha value is -3.31. The Morgan fingerprint density at radius 2 is 1.97 bits per heavy atom. The number of fused-ring (bicyclic) bond motifs is 1. The third-order valence-corrected chi connectivity index (χ3v) is 7.67. The van der Waals surface area contributed by atoms with Gasteiger partial charge in [0, 0.05) is 23.7 Å². The van der Waals surface area contributed by atoms with Crippen LogP contribution in [0.4, 0.5) is 26.3 Å². The first-order valence-electron chi connectivity index (χ1n) is 11.1. The molecule has 2 heterocycles. The summed E-state index contributed by atoms with van der Waals surface area (Å²) >= 11 is 0. The third-order valence-electron chi connectivity index (χ3n) is 6.21. The molecule has 1 aliphatic rings. The van der Waals surface area contributed by atoms with Gasteiger partial charge in [-0.15, -0.1) is 0 Å². The molecule has 1 aliphatic carbocycles. The van der Waals surface area contributed by atoms with E-state index in [4.69, 9.17) is 0 Å². The van der Waals surface area contributed by atoms with E-state index in [1.54, 1.807) is 9.29 Å². The van der Waals surface area contributed by atoms with Gasteiger partial charge < -0.3 is 9.30 Å². The standard InChI is InChI=1S/C23H20F6N4O3S/c1-2-20(23(27,28)29)32-37(34,35)13-6-7-17(31-11-13)21-15(10-30)14-8-16(24)19(36-22(25)26)9-18(14)33(21)12-4-3-5-12/h6-9,11-12,20,22,32H,2-5H2,1H3/t20-/m0/s1. The van der Waals surface area contributed by atoms with Crippen molar-refractivity contribution in [2.45, 2.75) is 62.4 Å². The zero-order chi connectivity index (χ0) is 27.1. The molecular weight excluding hydrogens is 526 g/mol. The Labute approximate surface area is 207 Å². The predicted molar refractivity (Wildman–Crippen MR) is 120 cm³/mol. The molecule has 1 N–H and O–H groups in total. The van der Waals surface area contributed by atoms with E-state index in [0.29, 0.717) is 12.8 Å². The number of hydrogen-bond acceptors (Lipinski definition) is 5. The average molecular weight is 546 g/mol. The normalized spacial score (nSPS) is 15.5. The largest absolute Gasteiger partial charge is 0.432 e. The van der Waals surface area contributed by atoms with Crippen LogP contribution >= 0.6 is 0 Å². The Morgan fingerprint density at radius 1 is 1.27 bits per heavy atom. The minimum Gasteiger partial charge on any atom is -0.432 e. The van der Waals surface area contributed by atoms with Gasteiger partial charge in [-0.25, -0.2) is 12.8 Å². The molecule has 0 aliphatic heterocycles. The summed E-state index contributed by atoms with van der Waals surface area (Å²) in [7, 11) is -4.58. The van der Waals surface area contributed by atoms with Gasteiger partial charge >= 0.3 is 12.8 Å². The summed E-state index contributed by atoms with van der Waals surface area (Å²) in [6, 6.07) is 3.76. The van der Waals surface area contributed by atoms with Crippen molar-refractivity contribution in [2.75, 3.05) is 0 Å². The van der Waals surface area contributed by atoms with Crippen LogP contribution in [-0.2, 0) is 10.0 Å². The van der Waals surface area contributed by atoms with E-state index in [0.717, 1.165) is 30.8 Å². The van der Waals surface area contributed by atoms with E-state index < -0.39 is 51.7 Å². The highest BCUT2D eigenvalue weighted by Gasteiger charge is 2.41. The van der Waals surface area contributed by atoms with Gasteiger partial charge in [0.05, 0.1) is 22.5 Å². The van der Waals surface area contributed by atoms with Gasteiger partial charge in [0.15, 0.2) is 11.6 Å². The Bertz CT molecular complexity index is 1460. The van der Waals surface area contributed by atoms with E-state index >= 15 is 0 Å². The lowest BCUT2D eigenvalue weighted by molar-refractivity contribution is -0.151. The van der Waals surface area contributed by atoms with Crippen molar-refractivity contribution in [3.8, 4) is 23.2 Å². The van der Waals surface area contributed by atoms with Crippen LogP contribution in [0.3, 0.4) is 0 Å². The highest BCUT2D eigenvalue weighted by Crippen LogP contribution is 2.43. The first-order valence-corrected chi connectivity index (χ1v) is 12.6. The molecular formula is C23H20F6N4O3S. The van der Waals surface area contributed by atoms with Gasteiger partial charge in [0.2, 0.25) is 10.0 Å². The number of alkyl halides is 5. The van der Waals surface area contributed by atoms with Gasteiger partial charge in [0.25, 0.3) is 0 Å². The quantitative estimate of drug-likeness (QED) is 0.368. The number of pyridine rings is 1. The number of sulfonamides is 1. The lowest BCUT2D eigenvalue weighted by Crippen LogP contribution is -2.44. The van der Waals surface area contributed by atoms with Gasteiger partial charge in [0.1, 0.15) is 17.0 Å². The smallest absolute Gasteiger partial charge is 0.404 e. The van der Waals surface area contributed by atoms with Crippen LogP contribution in [0.1, 0.15) is 44.2 Å². The molecule has 4 rings (SSSR count). The summed E-state index contributed by atoms with van der Waals surface area (Å²) in [6.45, 7) is -2.09. The van der Waals surface area contributed by atoms with Crippen molar-refractivity contribution in [2.24, 2.45) is 0 Å². The topological polar surface area (TPSA) is 97.0 Å². The number of nitriles is 1. The summed E-state index contributed by atoms with van der Waals surface area (Å²) in [6.07, 6.45) is -2.25. The van der Waals surface area contributed by atoms with Crippen molar-refractivity contribution in [1.29, 1.82) is 5.26 Å². The second-order valence-corrected chi connectivity index (χ2v) is 10.2. The fraction of sp³-hybridized carbons (Fsp3) is 0.391. The summed E-state index contributed by atoms with van der Waals surface area (Å²) in [4.78, 5) is 3.57. The van der Waals surface area contributed by atoms with Crippen LogP contribution in [0.25, 0.3) is 22.3 Å². The van der Waals surface area contributed by atoms with Crippen molar-refractivity contribution in [1.82, 2.24) is 14.3 Å². The minimum absolute atomic E-state index is 0.0197. The molecule has 2 aromatic heterocycles. The van der Waals surface area contributed by atoms with Gasteiger partial charge in [-0.05, 0) is 43.9 Å². The van der Waals surface area contributed by atoms with Crippen LogP contribution in [0, 0.1) is 17.1 Å². The summed E-state index contributed by atoms with van der Waals surface area (Å²) in [5.74, 6) is -1.80. The number of nitrogens with zero attached hydrogens (tertiary/aromatic N) is 3. The van der Waals surface area contributed by atoms with Crippen molar-refractivity contribution in [3.63, 3.8) is 0 Å². The molecule has 37 heavy (non-hydrogen) atoms. The molecule has 198 valence electrons. The van der Waals surface area contributed by atoms with Crippen LogP contribution in [0.5, 0.6) is 5.75 Å². The van der Waals surface area contributed by atoms with Crippen molar-refractivity contribution >= 4 is 20.9 Å². The molecule has 0 unspecified atom stereocenters. The number of benzene rings is 1. The fourth-order valence-electron chi connectivity index (χ4n) is 4.20. The number of hydrogen-bond donors (Lipinski definition) is 1. The van der Waals surface area contributed by atoms with E-state index in [1.165, 1.54) is 13.0 Å². The Kier molecular flexibility index (Phi) is 7.13. The molecule has 1 fully saturated rings. The maximum atomic E-state index is 14.5. The van der Waals surface area contributed by atoms with Crippen LogP contribution < -0.4 is 9.46 Å². The summed E-state index contributed by atoms with van der Waals surface area (Å²) in [5.41, 5.74) is 0.533. The molecule has 14 heteroatoms. The number of aromatic nitrogens is 2. The maximum absolute atomic E-state index is 14.5. The van der Waals surface area contributed by atoms with Crippen LogP contribution in [0.15, 0.2) is 35.4 Å². The predicted octanol–water partition coefficient (Wildman–Crippen LogP) is 5.66. The minimum atomic E-state index is -4.79. The monoisotopic (exact) mass is 546 g/mol. The number of rotatable bonds is 8. The van der Waals surface area contributed by atoms with Gasteiger partial charge in [-0.3, -0.25) is 4.98 Å². The molecule has 0 spiro atoms. The number of nitrogens with one attached hydrogen (secondary N) is 1. The molecule has 3 aromatic rings. The molecule has 1 atom stereocenters. The molecule has 0 radical (unpaired) electrons. The lowest BCUT2D eigenvalue weighted by Gasteiger charge is -2.30. The molecule has 0 bridgehead atoms. The highest BCUT2D eigenvalue weighted by molar-refractivity contribution is 7.89. The van der Waals surface area contributed by atoms with Crippen molar-refractivity contribution in [3.05, 3.63) is 41.8 Å². The maximum Gasteiger partial charge on any atom is 0.404 e. The molecule has 1 saturated carbocycles. The number of halogens is 6. The Balaban J connectivity index is 1.82. The van der Waals surface area contributed by atoms with E-state index in [-0.39, 0.29) is 33.9 Å². The zero-order valence-electron chi connectivity index (χ0n) is 19.2. The second kappa shape index (κ2) is 9.86. The summed E-state index contributed by atoms with van der Waals surface area (Å²) < 4.78 is 112. The van der Waals surface area contributed by atoms with Crippen molar-refractivity contribution < 1.29 is 39.5 Å². The molecule has 7 nitrogen and oxygen atoms in total. The first kappa shape index (κ1) is 26.7. The molecule has 0 amide bonds. The second-order valence-electron chi connectivity index (χ2n) is 8.47. The zero-order valence-corrected chi connectivity index (χ0v) is 20.0. The average Bonchev–Trinajstić information content (AvgIpc) is 3.08. The highest BCUT2D eigenvalue weighted by atomic mass is 32.2. The molecule has 1 aromatic carbocycles. The van der Waals surface area contributed by atoms with E-state index in [9.17, 15) is 40.0 Å². The first-order chi connectivity index (χ1) is 17.4. The SMILES string of the molecule is CC[C@H](NS(=O)(=O)c1ccc(-c2c(C#N)c3cc(F)c(OC(F)F)cc3n2C2CCC2)nc1)C(F)(F)F. The summed E-state index contributed by atoms with van der Waals surface area (Å²) in [5, 5.41) is 10.0. The van der Waals surface area contributed by atoms with Crippen LogP contribution in [-0.4, -0.2) is 36.8 Å². The van der Waals surface area contributed by atoms with E-state index in [2.05, 4.69) is 9.72 Å². The third kappa shape index (κ3) is 5.10. The lowest BCUT2D eigenvalue weighted by atomic mass is 9.92. The van der Waals surface area contributed by atoms with Gasteiger partial charge in [-0.1, -0.05) is 6.92 Å². The fourth-order valence-corrected chi connectivity index (χ4v) is 5.45. The van der Waals surface area contributed by atoms with Crippen LogP contribution in [0.2, 0.25) is 0 Å². The van der Waals surface area contributed by atoms with Gasteiger partial charge in [-0.2, -0.15) is 31.9 Å². The molecule has 0 saturated heterocycles. The number of ether oxygens (including phenoxy) is 1. The Morgan fingerprint density at radius 3 is 2.46 bits per heavy atom. The van der Waals surface area contributed by atoms with E-state index in [1.807, 2.05) is 6.07 Å².